The zero-order valence-electron chi connectivity index (χ0n) is 16.1. The van der Waals surface area contributed by atoms with Crippen molar-refractivity contribution in [2.75, 3.05) is 49.2 Å². The number of anilines is 4. The standard InChI is InChI=1S/C21H23N5O2S/c1-25-10-12-26(13-11-25)16-6-4-15(5-7-16)23-21-24-20(22)19(29-21)18(28)14-2-8-17(27)9-3-14/h2-9,27H,10-13,22H2,1H3,(H,23,24). The topological polar surface area (TPSA) is 94.7 Å². The molecule has 4 rings (SSSR count). The zero-order chi connectivity index (χ0) is 20.4. The third-order valence-corrected chi connectivity index (χ3v) is 5.96. The first-order valence-corrected chi connectivity index (χ1v) is 10.2. The van der Waals surface area contributed by atoms with Crippen LogP contribution in [0, 0.1) is 0 Å². The Hall–Kier alpha value is -3.10. The minimum absolute atomic E-state index is 0.112. The van der Waals surface area contributed by atoms with Gasteiger partial charge in [0.25, 0.3) is 0 Å². The third-order valence-electron chi connectivity index (χ3n) is 4.98. The molecule has 0 saturated carbocycles. The lowest BCUT2D eigenvalue weighted by Gasteiger charge is -2.34. The van der Waals surface area contributed by atoms with E-state index in [0.29, 0.717) is 15.6 Å². The number of benzene rings is 2. The molecule has 8 heteroatoms. The van der Waals surface area contributed by atoms with Crippen LogP contribution in [0.2, 0.25) is 0 Å². The average molecular weight is 410 g/mol. The van der Waals surface area contributed by atoms with Gasteiger partial charge in [-0.3, -0.25) is 4.79 Å². The Morgan fingerprint density at radius 2 is 1.72 bits per heavy atom. The van der Waals surface area contributed by atoms with Crippen molar-refractivity contribution in [1.29, 1.82) is 0 Å². The number of hydrogen-bond donors (Lipinski definition) is 3. The SMILES string of the molecule is CN1CCN(c2ccc(Nc3nc(N)c(C(=O)c4ccc(O)cc4)s3)cc2)CC1. The van der Waals surface area contributed by atoms with E-state index in [1.807, 2.05) is 12.1 Å². The number of phenolic OH excluding ortho intramolecular Hbond substituents is 1. The maximum absolute atomic E-state index is 12.7. The van der Waals surface area contributed by atoms with Crippen molar-refractivity contribution < 1.29 is 9.90 Å². The van der Waals surface area contributed by atoms with E-state index >= 15 is 0 Å². The van der Waals surface area contributed by atoms with Crippen molar-refractivity contribution in [3.8, 4) is 5.75 Å². The molecule has 0 aliphatic carbocycles. The van der Waals surface area contributed by atoms with Gasteiger partial charge in [-0.2, -0.15) is 0 Å². The molecule has 2 heterocycles. The monoisotopic (exact) mass is 409 g/mol. The lowest BCUT2D eigenvalue weighted by molar-refractivity contribution is 0.104. The van der Waals surface area contributed by atoms with Gasteiger partial charge in [0.1, 0.15) is 16.4 Å². The van der Waals surface area contributed by atoms with Crippen LogP contribution in [-0.4, -0.2) is 54.0 Å². The Morgan fingerprint density at radius 1 is 1.07 bits per heavy atom. The number of carbonyl (C=O) groups is 1. The van der Waals surface area contributed by atoms with E-state index in [4.69, 9.17) is 5.73 Å². The number of phenols is 1. The van der Waals surface area contributed by atoms with Crippen LogP contribution < -0.4 is 16.0 Å². The number of aromatic hydroxyl groups is 1. The maximum atomic E-state index is 12.7. The van der Waals surface area contributed by atoms with Crippen LogP contribution >= 0.6 is 11.3 Å². The number of rotatable bonds is 5. The van der Waals surface area contributed by atoms with E-state index in [9.17, 15) is 9.90 Å². The highest BCUT2D eigenvalue weighted by Crippen LogP contribution is 2.30. The Morgan fingerprint density at radius 3 is 2.38 bits per heavy atom. The molecule has 0 spiro atoms. The predicted octanol–water partition coefficient (Wildman–Crippen LogP) is 3.16. The first-order chi connectivity index (χ1) is 14.0. The second-order valence-electron chi connectivity index (χ2n) is 7.07. The summed E-state index contributed by atoms with van der Waals surface area (Å²) in [6.45, 7) is 4.18. The van der Waals surface area contributed by atoms with Crippen molar-refractivity contribution in [2.24, 2.45) is 0 Å². The van der Waals surface area contributed by atoms with E-state index in [2.05, 4.69) is 39.3 Å². The van der Waals surface area contributed by atoms with Crippen molar-refractivity contribution >= 4 is 39.4 Å². The molecule has 0 unspecified atom stereocenters. The Bertz CT molecular complexity index is 993. The second-order valence-corrected chi connectivity index (χ2v) is 8.07. The Kier molecular flexibility index (Phi) is 5.37. The zero-order valence-corrected chi connectivity index (χ0v) is 16.9. The smallest absolute Gasteiger partial charge is 0.206 e. The van der Waals surface area contributed by atoms with Gasteiger partial charge in [-0.25, -0.2) is 4.98 Å². The first kappa shape index (κ1) is 19.2. The highest BCUT2D eigenvalue weighted by atomic mass is 32.1. The van der Waals surface area contributed by atoms with Gasteiger partial charge in [0.05, 0.1) is 0 Å². The van der Waals surface area contributed by atoms with Crippen LogP contribution in [0.5, 0.6) is 5.75 Å². The fourth-order valence-electron chi connectivity index (χ4n) is 3.24. The molecule has 3 aromatic rings. The minimum atomic E-state index is -0.210. The highest BCUT2D eigenvalue weighted by molar-refractivity contribution is 7.18. The normalized spacial score (nSPS) is 14.7. The average Bonchev–Trinajstić information content (AvgIpc) is 3.09. The lowest BCUT2D eigenvalue weighted by atomic mass is 10.1. The summed E-state index contributed by atoms with van der Waals surface area (Å²) < 4.78 is 0. The second kappa shape index (κ2) is 8.10. The molecule has 1 aliphatic rings. The Balaban J connectivity index is 1.45. The number of piperazine rings is 1. The number of nitrogens with zero attached hydrogens (tertiary/aromatic N) is 3. The fourth-order valence-corrected chi connectivity index (χ4v) is 4.10. The van der Waals surface area contributed by atoms with Gasteiger partial charge in [0.15, 0.2) is 5.13 Å². The number of nitrogen functional groups attached to an aromatic ring is 1. The van der Waals surface area contributed by atoms with Crippen molar-refractivity contribution in [2.45, 2.75) is 0 Å². The molecule has 0 bridgehead atoms. The van der Waals surface area contributed by atoms with E-state index in [-0.39, 0.29) is 17.4 Å². The molecular weight excluding hydrogens is 386 g/mol. The van der Waals surface area contributed by atoms with Crippen LogP contribution in [0.3, 0.4) is 0 Å². The molecule has 1 aromatic heterocycles. The van der Waals surface area contributed by atoms with Crippen molar-refractivity contribution in [3.05, 3.63) is 59.0 Å². The number of thiazole rings is 1. The van der Waals surface area contributed by atoms with Gasteiger partial charge >= 0.3 is 0 Å². The molecular formula is C21H23N5O2S. The van der Waals surface area contributed by atoms with Crippen LogP contribution in [0.1, 0.15) is 15.2 Å². The fraction of sp³-hybridized carbons (Fsp3) is 0.238. The number of nitrogens with two attached hydrogens (primary N) is 1. The van der Waals surface area contributed by atoms with Crippen molar-refractivity contribution in [1.82, 2.24) is 9.88 Å². The molecule has 150 valence electrons. The molecule has 1 fully saturated rings. The molecule has 0 radical (unpaired) electrons. The summed E-state index contributed by atoms with van der Waals surface area (Å²) >= 11 is 1.22. The largest absolute Gasteiger partial charge is 0.508 e. The van der Waals surface area contributed by atoms with Crippen LogP contribution in [0.25, 0.3) is 0 Å². The predicted molar refractivity (Wildman–Crippen MR) is 118 cm³/mol. The molecule has 2 aromatic carbocycles. The summed E-state index contributed by atoms with van der Waals surface area (Å²) in [5.41, 5.74) is 8.52. The quantitative estimate of drug-likeness (QED) is 0.557. The third kappa shape index (κ3) is 4.33. The number of likely N-dealkylation sites (N-methyl/N-ethyl adjacent to an activating group) is 1. The van der Waals surface area contributed by atoms with E-state index < -0.39 is 0 Å². The molecule has 29 heavy (non-hydrogen) atoms. The van der Waals surface area contributed by atoms with Gasteiger partial charge in [0.2, 0.25) is 5.78 Å². The molecule has 7 nitrogen and oxygen atoms in total. The summed E-state index contributed by atoms with van der Waals surface area (Å²) in [5, 5.41) is 13.2. The van der Waals surface area contributed by atoms with Gasteiger partial charge in [-0.15, -0.1) is 0 Å². The molecule has 4 N–H and O–H groups in total. The summed E-state index contributed by atoms with van der Waals surface area (Å²) in [7, 11) is 2.14. The van der Waals surface area contributed by atoms with Crippen LogP contribution in [0.4, 0.5) is 22.3 Å². The maximum Gasteiger partial charge on any atom is 0.206 e. The van der Waals surface area contributed by atoms with Gasteiger partial charge in [0, 0.05) is 43.1 Å². The summed E-state index contributed by atoms with van der Waals surface area (Å²) in [5.74, 6) is 0.101. The first-order valence-electron chi connectivity index (χ1n) is 9.40. The molecule has 0 atom stereocenters. The molecule has 0 amide bonds. The Labute approximate surface area is 173 Å². The number of hydrogen-bond acceptors (Lipinski definition) is 8. The summed E-state index contributed by atoms with van der Waals surface area (Å²) in [6, 6.07) is 14.3. The number of ketones is 1. The van der Waals surface area contributed by atoms with Gasteiger partial charge in [-0.05, 0) is 55.6 Å². The summed E-state index contributed by atoms with van der Waals surface area (Å²) in [4.78, 5) is 22.0. The van der Waals surface area contributed by atoms with E-state index in [1.54, 1.807) is 12.1 Å². The van der Waals surface area contributed by atoms with Crippen LogP contribution in [-0.2, 0) is 0 Å². The van der Waals surface area contributed by atoms with E-state index in [1.165, 1.54) is 29.2 Å². The molecule has 1 aliphatic heterocycles. The number of aromatic nitrogens is 1. The van der Waals surface area contributed by atoms with E-state index in [0.717, 1.165) is 31.9 Å². The highest BCUT2D eigenvalue weighted by Gasteiger charge is 2.18. The summed E-state index contributed by atoms with van der Waals surface area (Å²) in [6.07, 6.45) is 0. The van der Waals surface area contributed by atoms with Gasteiger partial charge < -0.3 is 26.0 Å². The molecule has 1 saturated heterocycles. The van der Waals surface area contributed by atoms with Gasteiger partial charge in [-0.1, -0.05) is 11.3 Å². The van der Waals surface area contributed by atoms with Crippen LogP contribution in [0.15, 0.2) is 48.5 Å². The lowest BCUT2D eigenvalue weighted by Crippen LogP contribution is -2.44. The van der Waals surface area contributed by atoms with Crippen molar-refractivity contribution in [3.63, 3.8) is 0 Å². The minimum Gasteiger partial charge on any atom is -0.508 e. The number of nitrogens with one attached hydrogen (secondary N) is 1. The number of carbonyl (C=O) groups excluding carboxylic acids is 1.